The fourth-order valence-electron chi connectivity index (χ4n) is 3.51. The molecule has 2 rings (SSSR count). The standard InChI is InChI=1S/C23H38N4O5/c1-15-10-17(25-19(11-15)26-20(28)31-22(2,3)4)12-16-13-27(14-18(16)30-9-8-24)21(29)32-23(5,6)7/h10-11,16,18H,8-9,12-14,24H2,1-7H3,(H,25,26,28)/t16-,18+/m0/s1. The highest BCUT2D eigenvalue weighted by Gasteiger charge is 2.38. The number of likely N-dealkylation sites (tertiary alicyclic amines) is 1. The second kappa shape index (κ2) is 10.5. The third-order valence-electron chi connectivity index (χ3n) is 4.61. The van der Waals surface area contributed by atoms with Gasteiger partial charge in [0.25, 0.3) is 0 Å². The lowest BCUT2D eigenvalue weighted by Crippen LogP contribution is -2.36. The van der Waals surface area contributed by atoms with Gasteiger partial charge in [0, 0.05) is 24.7 Å². The van der Waals surface area contributed by atoms with Gasteiger partial charge < -0.3 is 24.8 Å². The number of hydrogen-bond donors (Lipinski definition) is 2. The molecular weight excluding hydrogens is 412 g/mol. The largest absolute Gasteiger partial charge is 0.444 e. The molecule has 3 N–H and O–H groups in total. The van der Waals surface area contributed by atoms with Gasteiger partial charge in [0.15, 0.2) is 0 Å². The maximum Gasteiger partial charge on any atom is 0.413 e. The van der Waals surface area contributed by atoms with E-state index in [1.54, 1.807) is 31.7 Å². The highest BCUT2D eigenvalue weighted by Crippen LogP contribution is 2.26. The highest BCUT2D eigenvalue weighted by molar-refractivity contribution is 5.83. The molecule has 32 heavy (non-hydrogen) atoms. The summed E-state index contributed by atoms with van der Waals surface area (Å²) in [5, 5.41) is 2.70. The van der Waals surface area contributed by atoms with E-state index >= 15 is 0 Å². The molecule has 0 aliphatic carbocycles. The summed E-state index contributed by atoms with van der Waals surface area (Å²) in [5.74, 6) is 0.452. The number of rotatable bonds is 6. The Morgan fingerprint density at radius 1 is 1.12 bits per heavy atom. The van der Waals surface area contributed by atoms with Gasteiger partial charge in [-0.25, -0.2) is 14.6 Å². The van der Waals surface area contributed by atoms with Gasteiger partial charge >= 0.3 is 12.2 Å². The molecule has 0 saturated carbocycles. The maximum atomic E-state index is 12.6. The van der Waals surface area contributed by atoms with Gasteiger partial charge in [0.05, 0.1) is 19.3 Å². The zero-order valence-corrected chi connectivity index (χ0v) is 20.4. The first-order valence-electron chi connectivity index (χ1n) is 11.0. The van der Waals surface area contributed by atoms with Crippen molar-refractivity contribution in [1.29, 1.82) is 0 Å². The van der Waals surface area contributed by atoms with Crippen LogP contribution in [0.5, 0.6) is 0 Å². The van der Waals surface area contributed by atoms with Gasteiger partial charge in [-0.15, -0.1) is 0 Å². The Morgan fingerprint density at radius 2 is 1.78 bits per heavy atom. The van der Waals surface area contributed by atoms with Crippen molar-refractivity contribution < 1.29 is 23.8 Å². The SMILES string of the molecule is Cc1cc(C[C@H]2CN(C(=O)OC(C)(C)C)C[C@H]2OCCN)nc(NC(=O)OC(C)(C)C)c1. The molecular formula is C23H38N4O5. The predicted molar refractivity (Wildman–Crippen MR) is 123 cm³/mol. The lowest BCUT2D eigenvalue weighted by molar-refractivity contribution is 0.0196. The maximum absolute atomic E-state index is 12.6. The van der Waals surface area contributed by atoms with E-state index in [-0.39, 0.29) is 18.1 Å². The van der Waals surface area contributed by atoms with Crippen molar-refractivity contribution in [3.63, 3.8) is 0 Å². The number of aryl methyl sites for hydroxylation is 1. The summed E-state index contributed by atoms with van der Waals surface area (Å²) in [6, 6.07) is 3.76. The first-order chi connectivity index (χ1) is 14.8. The summed E-state index contributed by atoms with van der Waals surface area (Å²) in [7, 11) is 0. The molecule has 2 atom stereocenters. The Labute approximate surface area is 191 Å². The van der Waals surface area contributed by atoms with Crippen LogP contribution in [0.3, 0.4) is 0 Å². The second-order valence-corrected chi connectivity index (χ2v) is 10.2. The molecule has 2 heterocycles. The number of amides is 2. The lowest BCUT2D eigenvalue weighted by Gasteiger charge is -2.24. The van der Waals surface area contributed by atoms with E-state index in [0.717, 1.165) is 11.3 Å². The third kappa shape index (κ3) is 8.63. The van der Waals surface area contributed by atoms with E-state index in [4.69, 9.17) is 19.9 Å². The number of carbonyl (C=O) groups is 2. The number of carbonyl (C=O) groups excluding carboxylic acids is 2. The summed E-state index contributed by atoms with van der Waals surface area (Å²) in [4.78, 5) is 31.0. The Kier molecular flexibility index (Phi) is 8.47. The van der Waals surface area contributed by atoms with Crippen molar-refractivity contribution in [2.75, 3.05) is 31.6 Å². The molecule has 1 aliphatic rings. The molecule has 9 nitrogen and oxygen atoms in total. The topological polar surface area (TPSA) is 116 Å². The van der Waals surface area contributed by atoms with Crippen LogP contribution in [0.25, 0.3) is 0 Å². The number of aromatic nitrogens is 1. The number of hydrogen-bond acceptors (Lipinski definition) is 7. The van der Waals surface area contributed by atoms with Crippen LogP contribution in [0.2, 0.25) is 0 Å². The number of nitrogens with zero attached hydrogens (tertiary/aromatic N) is 2. The minimum Gasteiger partial charge on any atom is -0.444 e. The van der Waals surface area contributed by atoms with Crippen LogP contribution >= 0.6 is 0 Å². The summed E-state index contributed by atoms with van der Waals surface area (Å²) < 4.78 is 16.8. The van der Waals surface area contributed by atoms with E-state index in [1.165, 1.54) is 0 Å². The zero-order valence-electron chi connectivity index (χ0n) is 20.4. The first kappa shape index (κ1) is 25.9. The Balaban J connectivity index is 2.12. The van der Waals surface area contributed by atoms with Crippen LogP contribution in [-0.2, 0) is 20.6 Å². The van der Waals surface area contributed by atoms with Crippen LogP contribution < -0.4 is 11.1 Å². The van der Waals surface area contributed by atoms with Crippen LogP contribution in [-0.4, -0.2) is 65.6 Å². The number of pyridine rings is 1. The Bertz CT molecular complexity index is 801. The molecule has 2 amide bonds. The highest BCUT2D eigenvalue weighted by atomic mass is 16.6. The number of nitrogens with one attached hydrogen (secondary N) is 1. The van der Waals surface area contributed by atoms with E-state index in [1.807, 2.05) is 33.8 Å². The molecule has 0 bridgehead atoms. The molecule has 1 aliphatic heterocycles. The van der Waals surface area contributed by atoms with Crippen LogP contribution in [0, 0.1) is 12.8 Å². The van der Waals surface area contributed by atoms with Gasteiger partial charge in [-0.2, -0.15) is 0 Å². The minimum atomic E-state index is -0.598. The smallest absolute Gasteiger partial charge is 0.413 e. The molecule has 0 aromatic carbocycles. The van der Waals surface area contributed by atoms with Crippen molar-refractivity contribution in [2.24, 2.45) is 11.7 Å². The van der Waals surface area contributed by atoms with Gasteiger partial charge in [-0.05, 0) is 72.6 Å². The first-order valence-corrected chi connectivity index (χ1v) is 11.0. The molecule has 180 valence electrons. The van der Waals surface area contributed by atoms with Crippen LogP contribution in [0.4, 0.5) is 15.4 Å². The molecule has 1 fully saturated rings. The molecule has 1 aromatic heterocycles. The fraction of sp³-hybridized carbons (Fsp3) is 0.696. The van der Waals surface area contributed by atoms with Crippen molar-refractivity contribution >= 4 is 18.0 Å². The number of ether oxygens (including phenoxy) is 3. The van der Waals surface area contributed by atoms with E-state index < -0.39 is 17.3 Å². The lowest BCUT2D eigenvalue weighted by atomic mass is 9.99. The number of anilines is 1. The molecule has 0 spiro atoms. The number of nitrogens with two attached hydrogens (primary N) is 1. The monoisotopic (exact) mass is 450 g/mol. The fourth-order valence-corrected chi connectivity index (χ4v) is 3.51. The summed E-state index contributed by atoms with van der Waals surface area (Å²) >= 11 is 0. The summed E-state index contributed by atoms with van der Waals surface area (Å²) in [6.07, 6.45) is -0.497. The molecule has 9 heteroatoms. The van der Waals surface area contributed by atoms with Crippen LogP contribution in [0.15, 0.2) is 12.1 Å². The quantitative estimate of drug-likeness (QED) is 0.681. The minimum absolute atomic E-state index is 0.0257. The van der Waals surface area contributed by atoms with E-state index in [2.05, 4.69) is 10.3 Å². The van der Waals surface area contributed by atoms with E-state index in [9.17, 15) is 9.59 Å². The average molecular weight is 451 g/mol. The molecule has 1 aromatic rings. The normalized spacial score (nSPS) is 19.1. The van der Waals surface area contributed by atoms with Crippen molar-refractivity contribution in [3.8, 4) is 0 Å². The molecule has 0 unspecified atom stereocenters. The third-order valence-corrected chi connectivity index (χ3v) is 4.61. The Hall–Kier alpha value is -2.39. The predicted octanol–water partition coefficient (Wildman–Crippen LogP) is 3.49. The van der Waals surface area contributed by atoms with Gasteiger partial charge in [0.2, 0.25) is 0 Å². The van der Waals surface area contributed by atoms with Gasteiger partial charge in [-0.1, -0.05) is 0 Å². The summed E-state index contributed by atoms with van der Waals surface area (Å²) in [6.45, 7) is 14.6. The second-order valence-electron chi connectivity index (χ2n) is 10.2. The van der Waals surface area contributed by atoms with Crippen molar-refractivity contribution in [1.82, 2.24) is 9.88 Å². The average Bonchev–Trinajstić information content (AvgIpc) is 2.99. The van der Waals surface area contributed by atoms with E-state index in [0.29, 0.717) is 38.5 Å². The van der Waals surface area contributed by atoms with Crippen molar-refractivity contribution in [2.45, 2.75) is 72.2 Å². The Morgan fingerprint density at radius 3 is 2.38 bits per heavy atom. The summed E-state index contributed by atoms with van der Waals surface area (Å²) in [5.41, 5.74) is 6.21. The zero-order chi connectivity index (χ0) is 24.1. The molecule has 1 saturated heterocycles. The van der Waals surface area contributed by atoms with Gasteiger partial charge in [-0.3, -0.25) is 5.32 Å². The van der Waals surface area contributed by atoms with Gasteiger partial charge in [0.1, 0.15) is 17.0 Å². The van der Waals surface area contributed by atoms with Crippen LogP contribution in [0.1, 0.15) is 52.8 Å². The van der Waals surface area contributed by atoms with Crippen molar-refractivity contribution in [3.05, 3.63) is 23.4 Å². The molecule has 0 radical (unpaired) electrons.